The van der Waals surface area contributed by atoms with E-state index >= 15 is 0 Å². The fraction of sp³-hybridized carbons (Fsp3) is 0.500. The number of anilines is 1. The van der Waals surface area contributed by atoms with E-state index in [2.05, 4.69) is 35.1 Å². The molecule has 0 aliphatic carbocycles. The molecule has 0 bridgehead atoms. The van der Waals surface area contributed by atoms with Crippen LogP contribution in [0.15, 0.2) is 30.5 Å². The third-order valence-corrected chi connectivity index (χ3v) is 4.82. The Bertz CT molecular complexity index is 697. The maximum Gasteiger partial charge on any atom is 0.232 e. The van der Waals surface area contributed by atoms with Crippen molar-refractivity contribution >= 4 is 47.3 Å². The Morgan fingerprint density at radius 2 is 2.00 bits per heavy atom. The predicted octanol–water partition coefficient (Wildman–Crippen LogP) is 3.59. The molecule has 1 aliphatic heterocycles. The molecule has 0 spiro atoms. The summed E-state index contributed by atoms with van der Waals surface area (Å²) in [5.41, 5.74) is 7.43. The van der Waals surface area contributed by atoms with Crippen molar-refractivity contribution < 1.29 is 9.53 Å². The highest BCUT2D eigenvalue weighted by Crippen LogP contribution is 2.31. The first-order valence-corrected chi connectivity index (χ1v) is 8.37. The van der Waals surface area contributed by atoms with Gasteiger partial charge in [-0.25, -0.2) is 0 Å². The molecule has 5 nitrogen and oxygen atoms in total. The summed E-state index contributed by atoms with van der Waals surface area (Å²) in [6.45, 7) is 4.73. The van der Waals surface area contributed by atoms with Gasteiger partial charge < -0.3 is 20.4 Å². The number of halogens is 2. The highest BCUT2D eigenvalue weighted by Gasteiger charge is 2.38. The van der Waals surface area contributed by atoms with Crippen molar-refractivity contribution in [1.82, 2.24) is 4.57 Å². The van der Waals surface area contributed by atoms with Gasteiger partial charge in [0.05, 0.1) is 5.41 Å². The minimum atomic E-state index is -0.499. The standard InChI is InChI=1S/C18H25N3O2.2ClH/c1-2-8-21-9-5-14-12-15(3-4-16(14)21)20-17(22)18(13-19)6-10-23-11-7-18;;/h3-5,9,12H,2,6-8,10-11,13,19H2,1H3,(H,20,22);2*1H. The van der Waals surface area contributed by atoms with E-state index in [4.69, 9.17) is 10.5 Å². The van der Waals surface area contributed by atoms with Gasteiger partial charge in [0.2, 0.25) is 5.91 Å². The molecular formula is C18H27Cl2N3O2. The van der Waals surface area contributed by atoms with Gasteiger partial charge >= 0.3 is 0 Å². The second kappa shape index (κ2) is 9.43. The molecule has 2 heterocycles. The number of hydrogen-bond donors (Lipinski definition) is 2. The van der Waals surface area contributed by atoms with Crippen LogP contribution in [0.1, 0.15) is 26.2 Å². The molecule has 0 radical (unpaired) electrons. The summed E-state index contributed by atoms with van der Waals surface area (Å²) in [6.07, 6.45) is 4.57. The van der Waals surface area contributed by atoms with Crippen LogP contribution in [0.2, 0.25) is 0 Å². The summed E-state index contributed by atoms with van der Waals surface area (Å²) >= 11 is 0. The molecule has 25 heavy (non-hydrogen) atoms. The highest BCUT2D eigenvalue weighted by molar-refractivity contribution is 5.97. The SMILES string of the molecule is CCCn1ccc2cc(NC(=O)C3(CN)CCOCC3)ccc21.Cl.Cl. The van der Waals surface area contributed by atoms with Gasteiger partial charge in [0.1, 0.15) is 0 Å². The maximum atomic E-state index is 12.7. The second-order valence-corrected chi connectivity index (χ2v) is 6.33. The molecule has 0 atom stereocenters. The average Bonchev–Trinajstić information content (AvgIpc) is 2.98. The predicted molar refractivity (Wildman–Crippen MR) is 107 cm³/mol. The lowest BCUT2D eigenvalue weighted by atomic mass is 9.79. The van der Waals surface area contributed by atoms with E-state index in [0.29, 0.717) is 32.6 Å². The molecular weight excluding hydrogens is 361 g/mol. The van der Waals surface area contributed by atoms with E-state index in [1.165, 1.54) is 5.52 Å². The molecule has 0 saturated carbocycles. The van der Waals surface area contributed by atoms with Gasteiger partial charge in [0, 0.05) is 49.1 Å². The minimum Gasteiger partial charge on any atom is -0.381 e. The van der Waals surface area contributed by atoms with Gasteiger partial charge in [0.25, 0.3) is 0 Å². The number of aryl methyl sites for hydroxylation is 1. The van der Waals surface area contributed by atoms with Gasteiger partial charge in [-0.05, 0) is 43.5 Å². The summed E-state index contributed by atoms with van der Waals surface area (Å²) in [4.78, 5) is 12.7. The van der Waals surface area contributed by atoms with E-state index in [1.807, 2.05) is 12.1 Å². The van der Waals surface area contributed by atoms with Gasteiger partial charge in [-0.3, -0.25) is 4.79 Å². The van der Waals surface area contributed by atoms with E-state index in [-0.39, 0.29) is 30.7 Å². The maximum absolute atomic E-state index is 12.7. The number of benzene rings is 1. The number of fused-ring (bicyclic) bond motifs is 1. The molecule has 0 unspecified atom stereocenters. The van der Waals surface area contributed by atoms with Crippen LogP contribution in [0.25, 0.3) is 10.9 Å². The Labute approximate surface area is 161 Å². The molecule has 1 aromatic carbocycles. The zero-order valence-corrected chi connectivity index (χ0v) is 16.1. The second-order valence-electron chi connectivity index (χ2n) is 6.33. The fourth-order valence-electron chi connectivity index (χ4n) is 3.26. The van der Waals surface area contributed by atoms with Crippen LogP contribution >= 0.6 is 24.8 Å². The average molecular weight is 388 g/mol. The van der Waals surface area contributed by atoms with Crippen LogP contribution in [-0.2, 0) is 16.1 Å². The van der Waals surface area contributed by atoms with Crippen LogP contribution in [0.4, 0.5) is 5.69 Å². The number of nitrogens with zero attached hydrogens (tertiary/aromatic N) is 1. The summed E-state index contributed by atoms with van der Waals surface area (Å²) in [5.74, 6) is 0.00985. The topological polar surface area (TPSA) is 69.3 Å². The number of aromatic nitrogens is 1. The molecule has 3 rings (SSSR count). The van der Waals surface area contributed by atoms with Crippen LogP contribution in [0.5, 0.6) is 0 Å². The Hall–Kier alpha value is -1.27. The Kier molecular flexibility index (Phi) is 8.22. The third-order valence-electron chi connectivity index (χ3n) is 4.82. The van der Waals surface area contributed by atoms with Crippen LogP contribution in [0.3, 0.4) is 0 Å². The van der Waals surface area contributed by atoms with Crippen molar-refractivity contribution in [2.45, 2.75) is 32.7 Å². The number of nitrogens with two attached hydrogens (primary N) is 1. The smallest absolute Gasteiger partial charge is 0.232 e. The van der Waals surface area contributed by atoms with Crippen molar-refractivity contribution in [3.05, 3.63) is 30.5 Å². The first kappa shape index (κ1) is 21.8. The molecule has 1 aromatic heterocycles. The van der Waals surface area contributed by atoms with Gasteiger partial charge in [-0.15, -0.1) is 24.8 Å². The lowest BCUT2D eigenvalue weighted by Gasteiger charge is -2.34. The molecule has 3 N–H and O–H groups in total. The Morgan fingerprint density at radius 3 is 2.64 bits per heavy atom. The summed E-state index contributed by atoms with van der Waals surface area (Å²) in [6, 6.07) is 8.16. The zero-order chi connectivity index (χ0) is 16.3. The zero-order valence-electron chi connectivity index (χ0n) is 14.5. The van der Waals surface area contributed by atoms with Crippen molar-refractivity contribution in [2.24, 2.45) is 11.1 Å². The monoisotopic (exact) mass is 387 g/mol. The quantitative estimate of drug-likeness (QED) is 0.823. The van der Waals surface area contributed by atoms with Gasteiger partial charge in [0.15, 0.2) is 0 Å². The van der Waals surface area contributed by atoms with E-state index in [0.717, 1.165) is 24.0 Å². The van der Waals surface area contributed by atoms with Crippen LogP contribution in [-0.4, -0.2) is 30.2 Å². The van der Waals surface area contributed by atoms with Crippen molar-refractivity contribution in [1.29, 1.82) is 0 Å². The first-order chi connectivity index (χ1) is 11.2. The molecule has 2 aromatic rings. The lowest BCUT2D eigenvalue weighted by molar-refractivity contribution is -0.130. The van der Waals surface area contributed by atoms with Gasteiger partial charge in [-0.1, -0.05) is 6.92 Å². The van der Waals surface area contributed by atoms with Crippen molar-refractivity contribution in [2.75, 3.05) is 25.1 Å². The van der Waals surface area contributed by atoms with Crippen LogP contribution < -0.4 is 11.1 Å². The summed E-state index contributed by atoms with van der Waals surface area (Å²) in [7, 11) is 0. The molecule has 1 saturated heterocycles. The lowest BCUT2D eigenvalue weighted by Crippen LogP contribution is -2.46. The van der Waals surface area contributed by atoms with Crippen LogP contribution in [0, 0.1) is 5.41 Å². The van der Waals surface area contributed by atoms with Gasteiger partial charge in [-0.2, -0.15) is 0 Å². The minimum absolute atomic E-state index is 0. The number of nitrogens with one attached hydrogen (secondary N) is 1. The Morgan fingerprint density at radius 1 is 1.28 bits per heavy atom. The normalized spacial score (nSPS) is 15.9. The summed E-state index contributed by atoms with van der Waals surface area (Å²) in [5, 5.41) is 4.20. The highest BCUT2D eigenvalue weighted by atomic mass is 35.5. The summed E-state index contributed by atoms with van der Waals surface area (Å²) < 4.78 is 7.61. The number of carbonyl (C=O) groups excluding carboxylic acids is 1. The molecule has 1 amide bonds. The number of amides is 1. The molecule has 7 heteroatoms. The van der Waals surface area contributed by atoms with Crippen molar-refractivity contribution in [3.63, 3.8) is 0 Å². The largest absolute Gasteiger partial charge is 0.381 e. The fourth-order valence-corrected chi connectivity index (χ4v) is 3.26. The molecule has 140 valence electrons. The van der Waals surface area contributed by atoms with E-state index in [1.54, 1.807) is 0 Å². The number of hydrogen-bond acceptors (Lipinski definition) is 3. The first-order valence-electron chi connectivity index (χ1n) is 8.37. The number of ether oxygens (including phenoxy) is 1. The molecule has 1 aliphatic rings. The van der Waals surface area contributed by atoms with E-state index in [9.17, 15) is 4.79 Å². The third kappa shape index (κ3) is 4.47. The van der Waals surface area contributed by atoms with Crippen molar-refractivity contribution in [3.8, 4) is 0 Å². The molecule has 1 fully saturated rings. The Balaban J connectivity index is 0.00000156. The number of rotatable bonds is 5. The van der Waals surface area contributed by atoms with E-state index < -0.39 is 5.41 Å². The number of carbonyl (C=O) groups is 1.